The molecular weight excluding hydrogens is 689 g/mol. The number of rotatable bonds is 5. The summed E-state index contributed by atoms with van der Waals surface area (Å²) in [7, 11) is 0. The molecule has 266 valence electrons. The molecular formula is C55H36N2. The summed E-state index contributed by atoms with van der Waals surface area (Å²) in [5, 5.41) is 2.45. The van der Waals surface area contributed by atoms with Gasteiger partial charge in [-0.05, 0) is 93.0 Å². The maximum atomic E-state index is 2.55. The smallest absolute Gasteiger partial charge is 0.0746 e. The van der Waals surface area contributed by atoms with Crippen LogP contribution in [0.4, 0.5) is 17.1 Å². The summed E-state index contributed by atoms with van der Waals surface area (Å²) in [4.78, 5) is 2.55. The van der Waals surface area contributed by atoms with Crippen molar-refractivity contribution in [2.24, 2.45) is 0 Å². The number of hydrogen-bond donors (Lipinski definition) is 0. The van der Waals surface area contributed by atoms with E-state index in [1.165, 1.54) is 83.1 Å². The molecule has 0 saturated carbocycles. The van der Waals surface area contributed by atoms with Crippen LogP contribution in [0.25, 0.3) is 60.9 Å². The first-order valence-electron chi connectivity index (χ1n) is 19.8. The van der Waals surface area contributed by atoms with Gasteiger partial charge in [-0.25, -0.2) is 0 Å². The van der Waals surface area contributed by atoms with Gasteiger partial charge in [0.25, 0.3) is 0 Å². The minimum absolute atomic E-state index is 0.511. The number of nitrogens with zero attached hydrogens (tertiary/aromatic N) is 2. The van der Waals surface area contributed by atoms with E-state index in [1.807, 2.05) is 0 Å². The third-order valence-electron chi connectivity index (χ3n) is 12.4. The van der Waals surface area contributed by atoms with E-state index in [0.717, 1.165) is 17.1 Å². The number of hydrogen-bond acceptors (Lipinski definition) is 1. The van der Waals surface area contributed by atoms with E-state index in [2.05, 4.69) is 228 Å². The topological polar surface area (TPSA) is 8.17 Å². The normalized spacial score (nSPS) is 13.1. The van der Waals surface area contributed by atoms with Crippen LogP contribution in [0.1, 0.15) is 22.3 Å². The number of benzene rings is 9. The van der Waals surface area contributed by atoms with Crippen LogP contribution >= 0.6 is 0 Å². The second kappa shape index (κ2) is 12.3. The Morgan fingerprint density at radius 2 is 0.860 bits per heavy atom. The second-order valence-corrected chi connectivity index (χ2v) is 15.2. The van der Waals surface area contributed by atoms with Crippen molar-refractivity contribution >= 4 is 38.9 Å². The van der Waals surface area contributed by atoms with Gasteiger partial charge in [0.2, 0.25) is 0 Å². The van der Waals surface area contributed by atoms with Crippen molar-refractivity contribution < 1.29 is 0 Å². The zero-order chi connectivity index (χ0) is 37.5. The molecule has 2 aliphatic carbocycles. The summed E-state index contributed by atoms with van der Waals surface area (Å²) >= 11 is 0. The van der Waals surface area contributed by atoms with Crippen LogP contribution in [0.3, 0.4) is 0 Å². The fourth-order valence-corrected chi connectivity index (χ4v) is 10.2. The Labute approximate surface area is 332 Å². The van der Waals surface area contributed by atoms with Crippen LogP contribution in [0.2, 0.25) is 0 Å². The molecule has 0 N–H and O–H groups in total. The Balaban J connectivity index is 1.21. The van der Waals surface area contributed by atoms with E-state index in [-0.39, 0.29) is 0 Å². The lowest BCUT2D eigenvalue weighted by atomic mass is 9.70. The Hall–Kier alpha value is -7.42. The van der Waals surface area contributed by atoms with E-state index in [0.29, 0.717) is 0 Å². The van der Waals surface area contributed by atoms with Crippen molar-refractivity contribution in [3.63, 3.8) is 0 Å². The monoisotopic (exact) mass is 724 g/mol. The Bertz CT molecular complexity index is 3130. The lowest BCUT2D eigenvalue weighted by Crippen LogP contribution is -2.28. The van der Waals surface area contributed by atoms with Crippen molar-refractivity contribution in [1.29, 1.82) is 0 Å². The molecule has 2 heteroatoms. The molecule has 10 aromatic rings. The van der Waals surface area contributed by atoms with Gasteiger partial charge in [-0.3, -0.25) is 0 Å². The van der Waals surface area contributed by atoms with Gasteiger partial charge in [-0.2, -0.15) is 0 Å². The molecule has 0 saturated heterocycles. The summed E-state index contributed by atoms with van der Waals surface area (Å²) in [6.07, 6.45) is 0. The highest BCUT2D eigenvalue weighted by Gasteiger charge is 2.53. The predicted octanol–water partition coefficient (Wildman–Crippen LogP) is 14.3. The van der Waals surface area contributed by atoms with Gasteiger partial charge in [-0.15, -0.1) is 0 Å². The third kappa shape index (κ3) is 4.41. The Kier molecular flexibility index (Phi) is 6.88. The van der Waals surface area contributed by atoms with E-state index in [4.69, 9.17) is 0 Å². The summed E-state index contributed by atoms with van der Waals surface area (Å²) in [6.45, 7) is 0. The van der Waals surface area contributed by atoms with Gasteiger partial charge in [0.15, 0.2) is 0 Å². The minimum Gasteiger partial charge on any atom is -0.309 e. The van der Waals surface area contributed by atoms with Gasteiger partial charge in [0.05, 0.1) is 27.8 Å². The van der Waals surface area contributed by atoms with Crippen LogP contribution in [0.5, 0.6) is 0 Å². The highest BCUT2D eigenvalue weighted by atomic mass is 15.2. The van der Waals surface area contributed by atoms with Gasteiger partial charge >= 0.3 is 0 Å². The molecule has 1 spiro atoms. The Morgan fingerprint density at radius 3 is 1.56 bits per heavy atom. The van der Waals surface area contributed by atoms with Crippen LogP contribution in [0.15, 0.2) is 218 Å². The van der Waals surface area contributed by atoms with E-state index in [1.54, 1.807) is 0 Å². The first-order valence-corrected chi connectivity index (χ1v) is 19.8. The molecule has 1 heterocycles. The third-order valence-corrected chi connectivity index (χ3v) is 12.4. The van der Waals surface area contributed by atoms with Crippen molar-refractivity contribution in [2.75, 3.05) is 4.90 Å². The van der Waals surface area contributed by atoms with Gasteiger partial charge in [-0.1, -0.05) is 170 Å². The second-order valence-electron chi connectivity index (χ2n) is 15.2. The molecule has 0 aliphatic heterocycles. The molecule has 0 unspecified atom stereocenters. The van der Waals surface area contributed by atoms with Crippen LogP contribution < -0.4 is 4.90 Å². The highest BCUT2D eigenvalue weighted by molar-refractivity contribution is 6.11. The van der Waals surface area contributed by atoms with Crippen molar-refractivity contribution in [3.8, 4) is 39.1 Å². The van der Waals surface area contributed by atoms with Gasteiger partial charge < -0.3 is 9.47 Å². The largest absolute Gasteiger partial charge is 0.309 e. The summed E-state index contributed by atoms with van der Waals surface area (Å²) < 4.78 is 2.40. The highest BCUT2D eigenvalue weighted by Crippen LogP contribution is 2.65. The molecule has 9 aromatic carbocycles. The van der Waals surface area contributed by atoms with E-state index in [9.17, 15) is 0 Å². The number of para-hydroxylation sites is 3. The summed E-state index contributed by atoms with van der Waals surface area (Å²) in [6, 6.07) is 80.6. The molecule has 12 rings (SSSR count). The fourth-order valence-electron chi connectivity index (χ4n) is 10.2. The van der Waals surface area contributed by atoms with Crippen LogP contribution in [0, 0.1) is 0 Å². The maximum absolute atomic E-state index is 2.55. The zero-order valence-electron chi connectivity index (χ0n) is 31.2. The maximum Gasteiger partial charge on any atom is 0.0746 e. The van der Waals surface area contributed by atoms with Crippen molar-refractivity contribution in [2.45, 2.75) is 5.41 Å². The predicted molar refractivity (Wildman–Crippen MR) is 237 cm³/mol. The lowest BCUT2D eigenvalue weighted by Gasteiger charge is -2.36. The molecule has 0 bridgehead atoms. The molecule has 0 radical (unpaired) electrons. The molecule has 2 nitrogen and oxygen atoms in total. The summed E-state index contributed by atoms with van der Waals surface area (Å²) in [5.74, 6) is 0. The van der Waals surface area contributed by atoms with E-state index < -0.39 is 5.41 Å². The molecule has 0 atom stereocenters. The quantitative estimate of drug-likeness (QED) is 0.172. The average Bonchev–Trinajstić information content (AvgIpc) is 3.89. The molecule has 2 aliphatic rings. The molecule has 57 heavy (non-hydrogen) atoms. The lowest BCUT2D eigenvalue weighted by molar-refractivity contribution is 0.793. The van der Waals surface area contributed by atoms with Gasteiger partial charge in [0.1, 0.15) is 0 Å². The fraction of sp³-hybridized carbons (Fsp3) is 0.0182. The average molecular weight is 725 g/mol. The van der Waals surface area contributed by atoms with Gasteiger partial charge in [0, 0.05) is 33.3 Å². The number of fused-ring (bicyclic) bond motifs is 13. The minimum atomic E-state index is -0.511. The van der Waals surface area contributed by atoms with Crippen molar-refractivity contribution in [3.05, 3.63) is 241 Å². The number of aromatic nitrogens is 1. The molecule has 1 aromatic heterocycles. The first kappa shape index (κ1) is 31.9. The zero-order valence-corrected chi connectivity index (χ0v) is 31.2. The molecule has 0 fully saturated rings. The Morgan fingerprint density at radius 1 is 0.351 bits per heavy atom. The molecule has 0 amide bonds. The first-order chi connectivity index (χ1) is 28.3. The van der Waals surface area contributed by atoms with E-state index >= 15 is 0 Å². The SMILES string of the molecule is c1ccc(-c2ccccc2N(c2ccc3c(c2)c2ccccc2n3-c2ccccc2)c2cccc3c2C2(c4ccccc4-c4ccccc42)c2ccccc2-3)cc1. The number of anilines is 3. The summed E-state index contributed by atoms with van der Waals surface area (Å²) in [5.41, 5.74) is 19.3. The van der Waals surface area contributed by atoms with Crippen molar-refractivity contribution in [1.82, 2.24) is 4.57 Å². The van der Waals surface area contributed by atoms with Crippen LogP contribution in [-0.2, 0) is 5.41 Å². The standard InChI is InChI=1S/C55H36N2/c1-3-18-37(19-4-1)40-22-10-15-31-50(40)57(39-34-35-52-46(36-39)44-26-11-16-32-51(44)56(52)38-20-5-2-6-21-38)53-33-17-27-45-43-25-9-14-30-49(43)55(54(45)53)47-28-12-7-23-41(47)42-24-8-13-29-48(42)55/h1-36H. The van der Waals surface area contributed by atoms with Crippen LogP contribution in [-0.4, -0.2) is 4.57 Å².